The van der Waals surface area contributed by atoms with Crippen molar-refractivity contribution in [3.63, 3.8) is 0 Å². The minimum absolute atomic E-state index is 0.147. The number of hydrogen-bond acceptors (Lipinski definition) is 3. The second-order valence-electron chi connectivity index (χ2n) is 6.22. The molecule has 1 aliphatic heterocycles. The fraction of sp³-hybridized carbons (Fsp3) is 0.333. The van der Waals surface area contributed by atoms with Crippen molar-refractivity contribution in [2.24, 2.45) is 5.92 Å². The van der Waals surface area contributed by atoms with Crippen molar-refractivity contribution >= 4 is 10.0 Å². The Morgan fingerprint density at radius 3 is 2.61 bits per heavy atom. The maximum absolute atomic E-state index is 12.8. The number of hydrogen-bond donors (Lipinski definition) is 1. The number of nitrogens with one attached hydrogen (secondary N) is 1. The van der Waals surface area contributed by atoms with Gasteiger partial charge in [0.05, 0.1) is 11.5 Å². The Kier molecular flexibility index (Phi) is 3.62. The van der Waals surface area contributed by atoms with E-state index in [-0.39, 0.29) is 6.04 Å². The Hall–Kier alpha value is -1.85. The maximum Gasteiger partial charge on any atom is 0.241 e. The van der Waals surface area contributed by atoms with E-state index in [1.54, 1.807) is 18.2 Å². The van der Waals surface area contributed by atoms with Gasteiger partial charge in [0, 0.05) is 12.5 Å². The third-order valence-corrected chi connectivity index (χ3v) is 5.94. The first kappa shape index (κ1) is 14.7. The summed E-state index contributed by atoms with van der Waals surface area (Å²) < 4.78 is 34.0. The summed E-state index contributed by atoms with van der Waals surface area (Å²) in [5, 5.41) is 0. The van der Waals surface area contributed by atoms with Crippen molar-refractivity contribution in [3.05, 3.63) is 59.7 Å². The number of rotatable bonds is 5. The minimum Gasteiger partial charge on any atom is -0.493 e. The Morgan fingerprint density at radius 2 is 1.87 bits per heavy atom. The molecule has 1 fully saturated rings. The molecule has 0 bridgehead atoms. The normalized spacial score (nSPS) is 18.3. The van der Waals surface area contributed by atoms with Gasteiger partial charge >= 0.3 is 0 Å². The SMILES string of the molecule is O=S(=O)(NC(c1ccccc1)C1CC1)c1ccc2c(c1)CCO2. The van der Waals surface area contributed by atoms with Gasteiger partial charge in [-0.25, -0.2) is 13.1 Å². The summed E-state index contributed by atoms with van der Waals surface area (Å²) >= 11 is 0. The summed E-state index contributed by atoms with van der Waals surface area (Å²) in [5.74, 6) is 1.19. The van der Waals surface area contributed by atoms with E-state index in [1.165, 1.54) is 0 Å². The molecule has 1 aliphatic carbocycles. The highest BCUT2D eigenvalue weighted by molar-refractivity contribution is 7.89. The van der Waals surface area contributed by atoms with Crippen molar-refractivity contribution in [1.29, 1.82) is 0 Å². The molecule has 0 amide bonds. The molecule has 2 aromatic rings. The van der Waals surface area contributed by atoms with E-state index in [4.69, 9.17) is 4.74 Å². The van der Waals surface area contributed by atoms with Gasteiger partial charge in [0.2, 0.25) is 10.0 Å². The van der Waals surface area contributed by atoms with Crippen LogP contribution in [0.2, 0.25) is 0 Å². The van der Waals surface area contributed by atoms with Crippen LogP contribution in [0.4, 0.5) is 0 Å². The molecule has 4 rings (SSSR count). The topological polar surface area (TPSA) is 55.4 Å². The fourth-order valence-corrected chi connectivity index (χ4v) is 4.44. The van der Waals surface area contributed by atoms with E-state index in [1.807, 2.05) is 30.3 Å². The van der Waals surface area contributed by atoms with Crippen molar-refractivity contribution in [2.75, 3.05) is 6.61 Å². The second-order valence-corrected chi connectivity index (χ2v) is 7.93. The molecule has 2 aliphatic rings. The lowest BCUT2D eigenvalue weighted by atomic mass is 10.0. The molecule has 1 saturated carbocycles. The van der Waals surface area contributed by atoms with Crippen LogP contribution in [0.1, 0.15) is 30.0 Å². The average molecular weight is 329 g/mol. The van der Waals surface area contributed by atoms with Gasteiger partial charge in [-0.15, -0.1) is 0 Å². The molecule has 0 saturated heterocycles. The van der Waals surface area contributed by atoms with Crippen molar-refractivity contribution in [3.8, 4) is 5.75 Å². The second kappa shape index (κ2) is 5.65. The number of ether oxygens (including phenoxy) is 1. The minimum atomic E-state index is -3.54. The third kappa shape index (κ3) is 2.99. The zero-order valence-electron chi connectivity index (χ0n) is 12.7. The van der Waals surface area contributed by atoms with Crippen LogP contribution in [-0.2, 0) is 16.4 Å². The molecular formula is C18H19NO3S. The van der Waals surface area contributed by atoms with E-state index in [0.29, 0.717) is 17.4 Å². The molecule has 23 heavy (non-hydrogen) atoms. The van der Waals surface area contributed by atoms with Gasteiger partial charge in [-0.1, -0.05) is 30.3 Å². The summed E-state index contributed by atoms with van der Waals surface area (Å²) in [4.78, 5) is 0.323. The molecule has 0 radical (unpaired) electrons. The molecule has 1 N–H and O–H groups in total. The fourth-order valence-electron chi connectivity index (χ4n) is 3.09. The van der Waals surface area contributed by atoms with Crippen molar-refractivity contribution in [2.45, 2.75) is 30.2 Å². The van der Waals surface area contributed by atoms with Crippen molar-refractivity contribution in [1.82, 2.24) is 4.72 Å². The monoisotopic (exact) mass is 329 g/mol. The molecule has 1 unspecified atom stereocenters. The molecule has 120 valence electrons. The first-order valence-electron chi connectivity index (χ1n) is 7.96. The molecule has 5 heteroatoms. The predicted molar refractivity (Wildman–Crippen MR) is 87.9 cm³/mol. The Morgan fingerprint density at radius 1 is 1.09 bits per heavy atom. The number of sulfonamides is 1. The zero-order chi connectivity index (χ0) is 15.9. The van der Waals surface area contributed by atoms with Gasteiger partial charge < -0.3 is 4.74 Å². The molecule has 4 nitrogen and oxygen atoms in total. The summed E-state index contributed by atoms with van der Waals surface area (Å²) in [6.07, 6.45) is 2.91. The van der Waals surface area contributed by atoms with Crippen LogP contribution in [0.15, 0.2) is 53.4 Å². The summed E-state index contributed by atoms with van der Waals surface area (Å²) in [6.45, 7) is 0.626. The number of fused-ring (bicyclic) bond motifs is 1. The first-order chi connectivity index (χ1) is 11.1. The number of benzene rings is 2. The van der Waals surface area contributed by atoms with Crippen LogP contribution >= 0.6 is 0 Å². The van der Waals surface area contributed by atoms with Gasteiger partial charge in [-0.3, -0.25) is 0 Å². The predicted octanol–water partition coefficient (Wildman–Crippen LogP) is 3.05. The molecule has 0 aromatic heterocycles. The summed E-state index contributed by atoms with van der Waals surface area (Å²) in [7, 11) is -3.54. The van der Waals surface area contributed by atoms with Gasteiger partial charge in [0.1, 0.15) is 5.75 Å². The Labute approximate surface area is 136 Å². The third-order valence-electron chi connectivity index (χ3n) is 4.51. The quantitative estimate of drug-likeness (QED) is 0.917. The van der Waals surface area contributed by atoms with Crippen LogP contribution < -0.4 is 9.46 Å². The van der Waals surface area contributed by atoms with E-state index in [2.05, 4.69) is 4.72 Å². The van der Waals surface area contributed by atoms with Gasteiger partial charge in [0.15, 0.2) is 0 Å². The highest BCUT2D eigenvalue weighted by Crippen LogP contribution is 2.41. The van der Waals surface area contributed by atoms with Crippen LogP contribution in [0, 0.1) is 5.92 Å². The van der Waals surface area contributed by atoms with Crippen molar-refractivity contribution < 1.29 is 13.2 Å². The largest absolute Gasteiger partial charge is 0.493 e. The first-order valence-corrected chi connectivity index (χ1v) is 9.45. The molecule has 1 atom stereocenters. The van der Waals surface area contributed by atoms with E-state index in [0.717, 1.165) is 36.1 Å². The molecular weight excluding hydrogens is 310 g/mol. The van der Waals surface area contributed by atoms with Crippen LogP contribution in [0.25, 0.3) is 0 Å². The van der Waals surface area contributed by atoms with E-state index >= 15 is 0 Å². The summed E-state index contributed by atoms with van der Waals surface area (Å²) in [5.41, 5.74) is 2.00. The molecule has 2 aromatic carbocycles. The lowest BCUT2D eigenvalue weighted by Gasteiger charge is -2.19. The van der Waals surface area contributed by atoms with Crippen LogP contribution in [0.5, 0.6) is 5.75 Å². The highest BCUT2D eigenvalue weighted by Gasteiger charge is 2.35. The molecule has 0 spiro atoms. The average Bonchev–Trinajstić information content (AvgIpc) is 3.30. The van der Waals surface area contributed by atoms with Crippen LogP contribution in [-0.4, -0.2) is 15.0 Å². The summed E-state index contributed by atoms with van der Waals surface area (Å²) in [6, 6.07) is 14.8. The van der Waals surface area contributed by atoms with Gasteiger partial charge in [0.25, 0.3) is 0 Å². The zero-order valence-corrected chi connectivity index (χ0v) is 13.6. The smallest absolute Gasteiger partial charge is 0.241 e. The standard InChI is InChI=1S/C18H19NO3S/c20-23(21,16-8-9-17-15(12-16)10-11-22-17)19-18(14-6-7-14)13-4-2-1-3-5-13/h1-5,8-9,12,14,18-19H,6-7,10-11H2. The molecule has 1 heterocycles. The maximum atomic E-state index is 12.8. The highest BCUT2D eigenvalue weighted by atomic mass is 32.2. The van der Waals surface area contributed by atoms with Gasteiger partial charge in [-0.05, 0) is 48.1 Å². The van der Waals surface area contributed by atoms with E-state index < -0.39 is 10.0 Å². The Balaban J connectivity index is 1.63. The van der Waals surface area contributed by atoms with Crippen LogP contribution in [0.3, 0.4) is 0 Å². The lowest BCUT2D eigenvalue weighted by molar-refractivity contribution is 0.356. The van der Waals surface area contributed by atoms with E-state index in [9.17, 15) is 8.42 Å². The lowest BCUT2D eigenvalue weighted by Crippen LogP contribution is -2.30. The Bertz CT molecular complexity index is 813. The van der Waals surface area contributed by atoms with Gasteiger partial charge in [-0.2, -0.15) is 0 Å².